The summed E-state index contributed by atoms with van der Waals surface area (Å²) in [7, 11) is 0. The molecule has 1 aliphatic rings. The highest BCUT2D eigenvalue weighted by atomic mass is 16.1. The van der Waals surface area contributed by atoms with E-state index in [2.05, 4.69) is 38.1 Å². The van der Waals surface area contributed by atoms with Gasteiger partial charge < -0.3 is 5.73 Å². The molecule has 2 N–H and O–H groups in total. The predicted molar refractivity (Wildman–Crippen MR) is 121 cm³/mol. The van der Waals surface area contributed by atoms with Crippen LogP contribution in [0.3, 0.4) is 0 Å². The van der Waals surface area contributed by atoms with Gasteiger partial charge in [0.25, 0.3) is 0 Å². The lowest BCUT2D eigenvalue weighted by Crippen LogP contribution is -2.51. The van der Waals surface area contributed by atoms with Gasteiger partial charge in [0.05, 0.1) is 5.41 Å². The summed E-state index contributed by atoms with van der Waals surface area (Å²) in [6.07, 6.45) is 10.6. The van der Waals surface area contributed by atoms with Crippen LogP contribution in [-0.4, -0.2) is 38.8 Å². The summed E-state index contributed by atoms with van der Waals surface area (Å²) in [6, 6.07) is 12.4. The van der Waals surface area contributed by atoms with E-state index in [0.717, 1.165) is 60.4 Å². The molecule has 4 rings (SSSR count). The highest BCUT2D eigenvalue weighted by Gasteiger charge is 2.40. The van der Waals surface area contributed by atoms with Crippen LogP contribution >= 0.6 is 0 Å². The van der Waals surface area contributed by atoms with E-state index in [-0.39, 0.29) is 5.91 Å². The predicted octanol–water partition coefficient (Wildman–Crippen LogP) is 3.41. The molecule has 31 heavy (non-hydrogen) atoms. The Bertz CT molecular complexity index is 1020. The minimum Gasteiger partial charge on any atom is -0.369 e. The second kappa shape index (κ2) is 9.35. The number of rotatable bonds is 7. The SMILES string of the molecule is CCc1ncc(CN2CCC[C@@](Cc3cccc(-c4ccncc4)c3)(C(N)=O)C2)cn1. The van der Waals surface area contributed by atoms with Gasteiger partial charge in [0.2, 0.25) is 5.91 Å². The van der Waals surface area contributed by atoms with Gasteiger partial charge in [-0.2, -0.15) is 0 Å². The number of carbonyl (C=O) groups is 1. The Hall–Kier alpha value is -3.12. The van der Waals surface area contributed by atoms with Crippen molar-refractivity contribution < 1.29 is 4.79 Å². The van der Waals surface area contributed by atoms with Crippen LogP contribution in [0.25, 0.3) is 11.1 Å². The minimum atomic E-state index is -0.570. The molecule has 0 radical (unpaired) electrons. The van der Waals surface area contributed by atoms with Gasteiger partial charge in [0.1, 0.15) is 5.82 Å². The molecular weight excluding hydrogens is 386 g/mol. The first-order valence-electron chi connectivity index (χ1n) is 10.9. The van der Waals surface area contributed by atoms with Gasteiger partial charge in [-0.05, 0) is 54.6 Å². The average molecular weight is 416 g/mol. The van der Waals surface area contributed by atoms with Gasteiger partial charge in [0.15, 0.2) is 0 Å². The molecule has 1 aromatic carbocycles. The Morgan fingerprint density at radius 2 is 1.87 bits per heavy atom. The number of aromatic nitrogens is 3. The minimum absolute atomic E-state index is 0.218. The second-order valence-corrected chi connectivity index (χ2v) is 8.43. The number of aryl methyl sites for hydroxylation is 1. The molecule has 2 aromatic heterocycles. The van der Waals surface area contributed by atoms with Crippen LogP contribution in [0.4, 0.5) is 0 Å². The number of hydrogen-bond acceptors (Lipinski definition) is 5. The number of likely N-dealkylation sites (tertiary alicyclic amines) is 1. The maximum absolute atomic E-state index is 12.7. The van der Waals surface area contributed by atoms with Gasteiger partial charge in [-0.25, -0.2) is 9.97 Å². The molecule has 3 heterocycles. The number of nitrogens with two attached hydrogens (primary N) is 1. The quantitative estimate of drug-likeness (QED) is 0.639. The zero-order valence-corrected chi connectivity index (χ0v) is 18.0. The topological polar surface area (TPSA) is 85.0 Å². The first-order valence-corrected chi connectivity index (χ1v) is 10.9. The Balaban J connectivity index is 1.52. The lowest BCUT2D eigenvalue weighted by atomic mass is 9.74. The first kappa shape index (κ1) is 21.1. The number of piperidine rings is 1. The lowest BCUT2D eigenvalue weighted by molar-refractivity contribution is -0.131. The highest BCUT2D eigenvalue weighted by Crippen LogP contribution is 2.35. The third kappa shape index (κ3) is 4.97. The average Bonchev–Trinajstić information content (AvgIpc) is 2.80. The maximum Gasteiger partial charge on any atom is 0.225 e. The van der Waals surface area contributed by atoms with E-state index >= 15 is 0 Å². The van der Waals surface area contributed by atoms with Gasteiger partial charge in [0, 0.05) is 49.9 Å². The van der Waals surface area contributed by atoms with Crippen molar-refractivity contribution >= 4 is 5.91 Å². The number of hydrogen-bond donors (Lipinski definition) is 1. The number of amides is 1. The van der Waals surface area contributed by atoms with E-state index < -0.39 is 5.41 Å². The molecule has 1 fully saturated rings. The number of pyridine rings is 1. The molecule has 160 valence electrons. The van der Waals surface area contributed by atoms with Crippen LogP contribution in [0.5, 0.6) is 0 Å². The van der Waals surface area contributed by atoms with Crippen molar-refractivity contribution in [2.75, 3.05) is 13.1 Å². The molecule has 0 unspecified atom stereocenters. The van der Waals surface area contributed by atoms with Gasteiger partial charge >= 0.3 is 0 Å². The van der Waals surface area contributed by atoms with Crippen LogP contribution in [0.15, 0.2) is 61.2 Å². The van der Waals surface area contributed by atoms with Crippen molar-refractivity contribution in [2.24, 2.45) is 11.1 Å². The Morgan fingerprint density at radius 3 is 2.58 bits per heavy atom. The molecule has 1 amide bonds. The molecule has 6 nitrogen and oxygen atoms in total. The summed E-state index contributed by atoms with van der Waals surface area (Å²) in [5.74, 6) is 0.632. The van der Waals surface area contributed by atoms with E-state index in [0.29, 0.717) is 13.0 Å². The first-order chi connectivity index (χ1) is 15.1. The standard InChI is InChI=1S/C25H29N5O/c1-2-23-28-15-20(16-29-23)17-30-12-4-9-25(18-30,24(26)31)14-19-5-3-6-22(13-19)21-7-10-27-11-8-21/h3,5-8,10-11,13,15-16H,2,4,9,12,14,17-18H2,1H3,(H2,26,31)/t25-/m0/s1. The molecule has 6 heteroatoms. The van der Waals surface area contributed by atoms with E-state index in [1.165, 1.54) is 0 Å². The van der Waals surface area contributed by atoms with Crippen LogP contribution < -0.4 is 5.73 Å². The lowest BCUT2D eigenvalue weighted by Gasteiger charge is -2.41. The third-order valence-corrected chi connectivity index (χ3v) is 6.14. The number of carbonyl (C=O) groups excluding carboxylic acids is 1. The number of primary amides is 1. The fraction of sp³-hybridized carbons (Fsp3) is 0.360. The summed E-state index contributed by atoms with van der Waals surface area (Å²) in [5.41, 5.74) is 9.86. The molecule has 0 aliphatic carbocycles. The van der Waals surface area contributed by atoms with Gasteiger partial charge in [-0.3, -0.25) is 14.7 Å². The largest absolute Gasteiger partial charge is 0.369 e. The second-order valence-electron chi connectivity index (χ2n) is 8.43. The van der Waals surface area contributed by atoms with E-state index in [9.17, 15) is 4.79 Å². The van der Waals surface area contributed by atoms with Crippen molar-refractivity contribution in [1.29, 1.82) is 0 Å². The van der Waals surface area contributed by atoms with Crippen molar-refractivity contribution in [2.45, 2.75) is 39.2 Å². The zero-order valence-electron chi connectivity index (χ0n) is 18.0. The van der Waals surface area contributed by atoms with Gasteiger partial charge in [-0.1, -0.05) is 31.2 Å². The van der Waals surface area contributed by atoms with Crippen LogP contribution in [0.2, 0.25) is 0 Å². The Kier molecular flexibility index (Phi) is 6.37. The Morgan fingerprint density at radius 1 is 1.10 bits per heavy atom. The monoisotopic (exact) mass is 415 g/mol. The molecule has 3 aromatic rings. The molecule has 0 spiro atoms. The summed E-state index contributed by atoms with van der Waals surface area (Å²) < 4.78 is 0. The Labute approximate surface area is 183 Å². The van der Waals surface area contributed by atoms with Crippen LogP contribution in [0.1, 0.15) is 36.7 Å². The van der Waals surface area contributed by atoms with Crippen molar-refractivity contribution in [3.63, 3.8) is 0 Å². The smallest absolute Gasteiger partial charge is 0.225 e. The number of nitrogens with zero attached hydrogens (tertiary/aromatic N) is 4. The van der Waals surface area contributed by atoms with E-state index in [4.69, 9.17) is 5.73 Å². The zero-order chi connectivity index (χ0) is 21.7. The highest BCUT2D eigenvalue weighted by molar-refractivity contribution is 5.81. The molecule has 1 atom stereocenters. The summed E-state index contributed by atoms with van der Waals surface area (Å²) in [6.45, 7) is 4.37. The van der Waals surface area contributed by atoms with Crippen molar-refractivity contribution in [3.8, 4) is 11.1 Å². The maximum atomic E-state index is 12.7. The van der Waals surface area contributed by atoms with Crippen LogP contribution in [0, 0.1) is 5.41 Å². The molecule has 1 saturated heterocycles. The summed E-state index contributed by atoms with van der Waals surface area (Å²) in [5, 5.41) is 0. The summed E-state index contributed by atoms with van der Waals surface area (Å²) >= 11 is 0. The fourth-order valence-corrected chi connectivity index (χ4v) is 4.49. The van der Waals surface area contributed by atoms with E-state index in [1.807, 2.05) is 37.5 Å². The third-order valence-electron chi connectivity index (χ3n) is 6.14. The van der Waals surface area contributed by atoms with Crippen molar-refractivity contribution in [1.82, 2.24) is 19.9 Å². The van der Waals surface area contributed by atoms with E-state index in [1.54, 1.807) is 12.4 Å². The molecule has 0 bridgehead atoms. The normalized spacial score (nSPS) is 19.3. The van der Waals surface area contributed by atoms with Crippen molar-refractivity contribution in [3.05, 3.63) is 78.1 Å². The number of benzene rings is 1. The molecule has 0 saturated carbocycles. The molecular formula is C25H29N5O. The summed E-state index contributed by atoms with van der Waals surface area (Å²) in [4.78, 5) is 27.9. The fourth-order valence-electron chi connectivity index (χ4n) is 4.49. The van der Waals surface area contributed by atoms with Crippen LogP contribution in [-0.2, 0) is 24.2 Å². The van der Waals surface area contributed by atoms with Gasteiger partial charge in [-0.15, -0.1) is 0 Å². The molecule has 1 aliphatic heterocycles.